The first-order valence-corrected chi connectivity index (χ1v) is 9.65. The molecule has 134 valence electrons. The van der Waals surface area contributed by atoms with Crippen molar-refractivity contribution in [1.82, 2.24) is 0 Å². The highest BCUT2D eigenvalue weighted by atomic mass is 16.4. The molecule has 0 amide bonds. The van der Waals surface area contributed by atoms with Gasteiger partial charge in [0.2, 0.25) is 0 Å². The topological polar surface area (TPSA) is 37.3 Å². The van der Waals surface area contributed by atoms with Crippen LogP contribution in [0.2, 0.25) is 0 Å². The lowest BCUT2D eigenvalue weighted by atomic mass is 9.89. The molecule has 2 nitrogen and oxygen atoms in total. The molecular weight excluding hydrogens is 296 g/mol. The second-order valence-electron chi connectivity index (χ2n) is 6.78. The zero-order chi connectivity index (χ0) is 17.5. The highest BCUT2D eigenvalue weighted by Gasteiger charge is 2.09. The standard InChI is InChI=1S/C22H34O2/c1-2-3-4-5-6-9-14-20(17-12-8-13-18-22(23)24)19-21-15-10-7-11-16-21/h7,10-11,13,15-16,18,20H,2-6,8-9,12,14,17,19H2,1H3,(H,23,24). The molecule has 0 heterocycles. The van der Waals surface area contributed by atoms with Crippen molar-refractivity contribution in [1.29, 1.82) is 0 Å². The van der Waals surface area contributed by atoms with Crippen molar-refractivity contribution < 1.29 is 9.90 Å². The van der Waals surface area contributed by atoms with Gasteiger partial charge >= 0.3 is 5.97 Å². The molecule has 1 unspecified atom stereocenters. The number of aliphatic carboxylic acids is 1. The highest BCUT2D eigenvalue weighted by Crippen LogP contribution is 2.22. The third-order valence-corrected chi connectivity index (χ3v) is 4.58. The van der Waals surface area contributed by atoms with Gasteiger partial charge in [-0.25, -0.2) is 4.79 Å². The van der Waals surface area contributed by atoms with E-state index in [0.717, 1.165) is 25.2 Å². The van der Waals surface area contributed by atoms with Gasteiger partial charge in [0.15, 0.2) is 0 Å². The average Bonchev–Trinajstić information content (AvgIpc) is 2.58. The number of carboxylic acids is 1. The van der Waals surface area contributed by atoms with Crippen LogP contribution in [-0.2, 0) is 11.2 Å². The Kier molecular flexibility index (Phi) is 11.8. The maximum absolute atomic E-state index is 10.5. The number of hydrogen-bond donors (Lipinski definition) is 1. The first kappa shape index (κ1) is 20.5. The maximum Gasteiger partial charge on any atom is 0.327 e. The summed E-state index contributed by atoms with van der Waals surface area (Å²) >= 11 is 0. The average molecular weight is 331 g/mol. The van der Waals surface area contributed by atoms with E-state index in [0.29, 0.717) is 0 Å². The second kappa shape index (κ2) is 13.8. The molecule has 1 N–H and O–H groups in total. The van der Waals surface area contributed by atoms with Gasteiger partial charge in [-0.1, -0.05) is 88.3 Å². The van der Waals surface area contributed by atoms with Crippen LogP contribution >= 0.6 is 0 Å². The molecule has 1 aromatic rings. The lowest BCUT2D eigenvalue weighted by molar-refractivity contribution is -0.131. The molecule has 1 rings (SSSR count). The van der Waals surface area contributed by atoms with E-state index >= 15 is 0 Å². The van der Waals surface area contributed by atoms with Crippen LogP contribution in [0.5, 0.6) is 0 Å². The van der Waals surface area contributed by atoms with Gasteiger partial charge in [-0.3, -0.25) is 0 Å². The number of allylic oxidation sites excluding steroid dienone is 1. The Morgan fingerprint density at radius 1 is 1.00 bits per heavy atom. The van der Waals surface area contributed by atoms with Crippen LogP contribution in [0.4, 0.5) is 0 Å². The van der Waals surface area contributed by atoms with Crippen LogP contribution in [0.15, 0.2) is 42.5 Å². The van der Waals surface area contributed by atoms with Crippen LogP contribution in [0.1, 0.15) is 76.7 Å². The zero-order valence-corrected chi connectivity index (χ0v) is 15.3. The number of unbranched alkanes of at least 4 members (excludes halogenated alkanes) is 6. The molecule has 2 heteroatoms. The van der Waals surface area contributed by atoms with Crippen molar-refractivity contribution in [3.63, 3.8) is 0 Å². The first-order chi connectivity index (χ1) is 11.7. The Balaban J connectivity index is 2.33. The van der Waals surface area contributed by atoms with Crippen molar-refractivity contribution in [2.45, 2.75) is 77.6 Å². The van der Waals surface area contributed by atoms with Crippen LogP contribution in [0.25, 0.3) is 0 Å². The van der Waals surface area contributed by atoms with Crippen molar-refractivity contribution in [3.05, 3.63) is 48.0 Å². The minimum absolute atomic E-state index is 0.719. The number of hydrogen-bond acceptors (Lipinski definition) is 1. The molecule has 0 aliphatic carbocycles. The minimum atomic E-state index is -0.845. The summed E-state index contributed by atoms with van der Waals surface area (Å²) in [4.78, 5) is 10.5. The van der Waals surface area contributed by atoms with Crippen LogP contribution in [0.3, 0.4) is 0 Å². The van der Waals surface area contributed by atoms with E-state index in [1.807, 2.05) is 0 Å². The summed E-state index contributed by atoms with van der Waals surface area (Å²) in [7, 11) is 0. The van der Waals surface area contributed by atoms with E-state index < -0.39 is 5.97 Å². The molecule has 0 aliphatic rings. The summed E-state index contributed by atoms with van der Waals surface area (Å²) in [6.45, 7) is 2.26. The van der Waals surface area contributed by atoms with Crippen LogP contribution in [0, 0.1) is 5.92 Å². The molecule has 0 saturated carbocycles. The molecule has 1 aromatic carbocycles. The number of rotatable bonds is 14. The summed E-state index contributed by atoms with van der Waals surface area (Å²) in [6, 6.07) is 10.7. The van der Waals surface area contributed by atoms with Crippen molar-refractivity contribution >= 4 is 5.97 Å². The van der Waals surface area contributed by atoms with Crippen molar-refractivity contribution in [3.8, 4) is 0 Å². The van der Waals surface area contributed by atoms with Crippen LogP contribution < -0.4 is 0 Å². The third kappa shape index (κ3) is 11.0. The fourth-order valence-corrected chi connectivity index (χ4v) is 3.22. The van der Waals surface area contributed by atoms with Crippen molar-refractivity contribution in [2.24, 2.45) is 5.92 Å². The molecule has 0 bridgehead atoms. The van der Waals surface area contributed by atoms with Gasteiger partial charge in [0.1, 0.15) is 0 Å². The summed E-state index contributed by atoms with van der Waals surface area (Å²) < 4.78 is 0. The molecule has 24 heavy (non-hydrogen) atoms. The van der Waals surface area contributed by atoms with Gasteiger partial charge in [0.25, 0.3) is 0 Å². The van der Waals surface area contributed by atoms with Gasteiger partial charge in [-0.05, 0) is 37.2 Å². The summed E-state index contributed by atoms with van der Waals surface area (Å²) in [5.41, 5.74) is 1.43. The Morgan fingerprint density at radius 2 is 1.67 bits per heavy atom. The quantitative estimate of drug-likeness (QED) is 0.316. The largest absolute Gasteiger partial charge is 0.478 e. The molecule has 0 saturated heterocycles. The first-order valence-electron chi connectivity index (χ1n) is 9.65. The Morgan fingerprint density at radius 3 is 2.38 bits per heavy atom. The smallest absolute Gasteiger partial charge is 0.327 e. The normalized spacial score (nSPS) is 12.5. The predicted molar refractivity (Wildman–Crippen MR) is 102 cm³/mol. The van der Waals surface area contributed by atoms with Crippen molar-refractivity contribution in [2.75, 3.05) is 0 Å². The lowest BCUT2D eigenvalue weighted by Crippen LogP contribution is -2.05. The molecule has 0 spiro atoms. The lowest BCUT2D eigenvalue weighted by Gasteiger charge is -2.17. The number of benzene rings is 1. The molecule has 0 aromatic heterocycles. The van der Waals surface area contributed by atoms with E-state index in [9.17, 15) is 4.79 Å². The van der Waals surface area contributed by atoms with Gasteiger partial charge in [-0.15, -0.1) is 0 Å². The van der Waals surface area contributed by atoms with E-state index in [4.69, 9.17) is 5.11 Å². The summed E-state index contributed by atoms with van der Waals surface area (Å²) in [6.07, 6.45) is 16.7. The summed E-state index contributed by atoms with van der Waals surface area (Å²) in [5.74, 6) is -0.125. The molecule has 0 fully saturated rings. The SMILES string of the molecule is CCCCCCCCC(CCCC=CC(=O)O)Cc1ccccc1. The second-order valence-corrected chi connectivity index (χ2v) is 6.78. The minimum Gasteiger partial charge on any atom is -0.478 e. The fraction of sp³-hybridized carbons (Fsp3) is 0.591. The highest BCUT2D eigenvalue weighted by molar-refractivity contribution is 5.79. The van der Waals surface area contributed by atoms with E-state index in [1.54, 1.807) is 6.08 Å². The fourth-order valence-electron chi connectivity index (χ4n) is 3.22. The van der Waals surface area contributed by atoms with E-state index in [2.05, 4.69) is 37.3 Å². The zero-order valence-electron chi connectivity index (χ0n) is 15.3. The van der Waals surface area contributed by atoms with Gasteiger partial charge < -0.3 is 5.11 Å². The molecule has 0 radical (unpaired) electrons. The Hall–Kier alpha value is -1.57. The maximum atomic E-state index is 10.5. The number of carbonyl (C=O) groups is 1. The molecule has 1 atom stereocenters. The Bertz CT molecular complexity index is 450. The monoisotopic (exact) mass is 330 g/mol. The van der Waals surface area contributed by atoms with Crippen LogP contribution in [-0.4, -0.2) is 11.1 Å². The van der Waals surface area contributed by atoms with Gasteiger partial charge in [-0.2, -0.15) is 0 Å². The van der Waals surface area contributed by atoms with E-state index in [-0.39, 0.29) is 0 Å². The van der Waals surface area contributed by atoms with E-state index in [1.165, 1.54) is 63.0 Å². The number of carboxylic acid groups (broad SMARTS) is 1. The molecular formula is C22H34O2. The third-order valence-electron chi connectivity index (χ3n) is 4.58. The Labute approximate surface area is 148 Å². The predicted octanol–water partition coefficient (Wildman–Crippen LogP) is 6.41. The summed E-state index contributed by atoms with van der Waals surface area (Å²) in [5, 5.41) is 8.63. The van der Waals surface area contributed by atoms with Gasteiger partial charge in [0.05, 0.1) is 0 Å². The molecule has 0 aliphatic heterocycles. The van der Waals surface area contributed by atoms with Gasteiger partial charge in [0, 0.05) is 6.08 Å².